The number of benzene rings is 1. The Hall–Kier alpha value is -2.63. The molecule has 1 saturated heterocycles. The third kappa shape index (κ3) is 4.47. The first-order valence-electron chi connectivity index (χ1n) is 8.46. The highest BCUT2D eigenvalue weighted by Crippen LogP contribution is 2.22. The van der Waals surface area contributed by atoms with E-state index in [0.717, 1.165) is 18.5 Å². The lowest BCUT2D eigenvalue weighted by Crippen LogP contribution is -2.42. The SMILES string of the molecule is O=C(c1ccc(F)cc1)C1CCCN(C(=O)CCc2ccncn2)C1. The van der Waals surface area contributed by atoms with Gasteiger partial charge < -0.3 is 4.90 Å². The summed E-state index contributed by atoms with van der Waals surface area (Å²) in [4.78, 5) is 34.8. The number of piperidine rings is 1. The third-order valence-corrected chi connectivity index (χ3v) is 4.51. The van der Waals surface area contributed by atoms with Crippen LogP contribution in [0.2, 0.25) is 0 Å². The highest BCUT2D eigenvalue weighted by atomic mass is 19.1. The van der Waals surface area contributed by atoms with E-state index in [1.165, 1.54) is 30.6 Å². The van der Waals surface area contributed by atoms with E-state index in [1.807, 2.05) is 0 Å². The highest BCUT2D eigenvalue weighted by molar-refractivity contribution is 5.98. The molecule has 130 valence electrons. The number of Topliss-reactive ketones (excluding diaryl/α,β-unsaturated/α-hetero) is 1. The summed E-state index contributed by atoms with van der Waals surface area (Å²) in [6.45, 7) is 1.11. The van der Waals surface area contributed by atoms with Crippen molar-refractivity contribution < 1.29 is 14.0 Å². The predicted molar refractivity (Wildman–Crippen MR) is 90.4 cm³/mol. The molecule has 2 heterocycles. The number of amides is 1. The number of hydrogen-bond donors (Lipinski definition) is 0. The number of carbonyl (C=O) groups excluding carboxylic acids is 2. The van der Waals surface area contributed by atoms with Gasteiger partial charge in [-0.3, -0.25) is 9.59 Å². The van der Waals surface area contributed by atoms with Gasteiger partial charge in [0.05, 0.1) is 0 Å². The molecule has 0 bridgehead atoms. The number of nitrogens with zero attached hydrogens (tertiary/aromatic N) is 3. The van der Waals surface area contributed by atoms with E-state index < -0.39 is 0 Å². The molecule has 5 nitrogen and oxygen atoms in total. The molecule has 1 atom stereocenters. The fraction of sp³-hybridized carbons (Fsp3) is 0.368. The van der Waals surface area contributed by atoms with E-state index in [-0.39, 0.29) is 23.4 Å². The monoisotopic (exact) mass is 341 g/mol. The minimum absolute atomic E-state index is 0.0201. The lowest BCUT2D eigenvalue weighted by molar-refractivity contribution is -0.132. The number of rotatable bonds is 5. The van der Waals surface area contributed by atoms with Gasteiger partial charge in [0.1, 0.15) is 12.1 Å². The van der Waals surface area contributed by atoms with Crippen molar-refractivity contribution in [3.05, 3.63) is 59.9 Å². The molecule has 0 N–H and O–H groups in total. The van der Waals surface area contributed by atoms with E-state index in [9.17, 15) is 14.0 Å². The van der Waals surface area contributed by atoms with Gasteiger partial charge in [-0.1, -0.05) is 0 Å². The van der Waals surface area contributed by atoms with Crippen molar-refractivity contribution >= 4 is 11.7 Å². The maximum atomic E-state index is 13.0. The Morgan fingerprint density at radius 1 is 1.20 bits per heavy atom. The molecule has 1 aromatic heterocycles. The molecular weight excluding hydrogens is 321 g/mol. The highest BCUT2D eigenvalue weighted by Gasteiger charge is 2.28. The van der Waals surface area contributed by atoms with Crippen LogP contribution in [-0.2, 0) is 11.2 Å². The average molecular weight is 341 g/mol. The molecule has 1 amide bonds. The number of halogens is 1. The second-order valence-corrected chi connectivity index (χ2v) is 6.25. The molecule has 6 heteroatoms. The van der Waals surface area contributed by atoms with Crippen molar-refractivity contribution in [1.82, 2.24) is 14.9 Å². The summed E-state index contributed by atoms with van der Waals surface area (Å²) in [5.74, 6) is -0.563. The summed E-state index contributed by atoms with van der Waals surface area (Å²) in [6.07, 6.45) is 5.62. The molecule has 1 fully saturated rings. The Balaban J connectivity index is 1.57. The number of aromatic nitrogens is 2. The molecule has 25 heavy (non-hydrogen) atoms. The summed E-state index contributed by atoms with van der Waals surface area (Å²) in [7, 11) is 0. The van der Waals surface area contributed by atoms with E-state index in [1.54, 1.807) is 17.2 Å². The molecule has 1 aliphatic heterocycles. The van der Waals surface area contributed by atoms with Gasteiger partial charge in [-0.2, -0.15) is 0 Å². The van der Waals surface area contributed by atoms with Crippen molar-refractivity contribution in [2.75, 3.05) is 13.1 Å². The Morgan fingerprint density at radius 3 is 2.72 bits per heavy atom. The summed E-state index contributed by atoms with van der Waals surface area (Å²) < 4.78 is 13.0. The lowest BCUT2D eigenvalue weighted by atomic mass is 9.90. The molecule has 0 aliphatic carbocycles. The minimum atomic E-state index is -0.360. The standard InChI is InChI=1S/C19H20FN3O2/c20-16-5-3-14(4-6-16)19(25)15-2-1-11-23(12-15)18(24)8-7-17-9-10-21-13-22-17/h3-6,9-10,13,15H,1-2,7-8,11-12H2. The van der Waals surface area contributed by atoms with Gasteiger partial charge in [0.15, 0.2) is 5.78 Å². The maximum absolute atomic E-state index is 13.0. The molecule has 2 aromatic rings. The van der Waals surface area contributed by atoms with Crippen LogP contribution in [0.15, 0.2) is 42.9 Å². The summed E-state index contributed by atoms with van der Waals surface area (Å²) in [5, 5.41) is 0. The van der Waals surface area contributed by atoms with Crippen molar-refractivity contribution in [2.24, 2.45) is 5.92 Å². The third-order valence-electron chi connectivity index (χ3n) is 4.51. The van der Waals surface area contributed by atoms with Gasteiger partial charge in [0.25, 0.3) is 0 Å². The second kappa shape index (κ2) is 7.96. The van der Waals surface area contributed by atoms with E-state index in [0.29, 0.717) is 31.5 Å². The van der Waals surface area contributed by atoms with Crippen molar-refractivity contribution in [1.29, 1.82) is 0 Å². The smallest absolute Gasteiger partial charge is 0.222 e. The Morgan fingerprint density at radius 2 is 2.00 bits per heavy atom. The van der Waals surface area contributed by atoms with E-state index in [4.69, 9.17) is 0 Å². The number of carbonyl (C=O) groups is 2. The number of likely N-dealkylation sites (tertiary alicyclic amines) is 1. The first kappa shape index (κ1) is 17.2. The normalized spacial score (nSPS) is 17.3. The van der Waals surface area contributed by atoms with Crippen LogP contribution in [0.3, 0.4) is 0 Å². The first-order chi connectivity index (χ1) is 12.1. The fourth-order valence-corrected chi connectivity index (χ4v) is 3.13. The zero-order valence-electron chi connectivity index (χ0n) is 13.9. The van der Waals surface area contributed by atoms with Crippen LogP contribution >= 0.6 is 0 Å². The molecule has 0 saturated carbocycles. The summed E-state index contributed by atoms with van der Waals surface area (Å²) in [5.41, 5.74) is 1.33. The first-order valence-corrected chi connectivity index (χ1v) is 8.46. The molecule has 3 rings (SSSR count). The van der Waals surface area contributed by atoms with E-state index >= 15 is 0 Å². The maximum Gasteiger partial charge on any atom is 0.222 e. The van der Waals surface area contributed by atoms with Crippen molar-refractivity contribution in [3.63, 3.8) is 0 Å². The van der Waals surface area contributed by atoms with Gasteiger partial charge in [0.2, 0.25) is 5.91 Å². The minimum Gasteiger partial charge on any atom is -0.342 e. The molecule has 1 aromatic carbocycles. The van der Waals surface area contributed by atoms with Crippen LogP contribution in [-0.4, -0.2) is 39.6 Å². The molecule has 1 aliphatic rings. The molecule has 1 unspecified atom stereocenters. The van der Waals surface area contributed by atoms with Crippen LogP contribution < -0.4 is 0 Å². The van der Waals surface area contributed by atoms with Crippen LogP contribution in [0.4, 0.5) is 4.39 Å². The Kier molecular flexibility index (Phi) is 5.48. The van der Waals surface area contributed by atoms with Gasteiger partial charge >= 0.3 is 0 Å². The largest absolute Gasteiger partial charge is 0.342 e. The van der Waals surface area contributed by atoms with Crippen LogP contribution in [0.5, 0.6) is 0 Å². The summed E-state index contributed by atoms with van der Waals surface area (Å²) in [6, 6.07) is 7.40. The summed E-state index contributed by atoms with van der Waals surface area (Å²) >= 11 is 0. The topological polar surface area (TPSA) is 63.2 Å². The van der Waals surface area contributed by atoms with Crippen molar-refractivity contribution in [2.45, 2.75) is 25.7 Å². The Labute approximate surface area is 145 Å². The van der Waals surface area contributed by atoms with Crippen LogP contribution in [0.25, 0.3) is 0 Å². The molecule has 0 spiro atoms. The van der Waals surface area contributed by atoms with Gasteiger partial charge in [0, 0.05) is 42.9 Å². The average Bonchev–Trinajstić information content (AvgIpc) is 2.67. The van der Waals surface area contributed by atoms with Crippen LogP contribution in [0.1, 0.15) is 35.3 Å². The van der Waals surface area contributed by atoms with Crippen molar-refractivity contribution in [3.8, 4) is 0 Å². The number of aryl methyl sites for hydroxylation is 1. The Bertz CT molecular complexity index is 734. The number of hydrogen-bond acceptors (Lipinski definition) is 4. The quantitative estimate of drug-likeness (QED) is 0.785. The molecule has 0 radical (unpaired) electrons. The van der Waals surface area contributed by atoms with Gasteiger partial charge in [-0.15, -0.1) is 0 Å². The lowest BCUT2D eigenvalue weighted by Gasteiger charge is -2.32. The fourth-order valence-electron chi connectivity index (χ4n) is 3.13. The zero-order valence-corrected chi connectivity index (χ0v) is 13.9. The van der Waals surface area contributed by atoms with Gasteiger partial charge in [-0.05, 0) is 49.6 Å². The molecular formula is C19H20FN3O2. The zero-order chi connectivity index (χ0) is 17.6. The van der Waals surface area contributed by atoms with E-state index in [2.05, 4.69) is 9.97 Å². The van der Waals surface area contributed by atoms with Gasteiger partial charge in [-0.25, -0.2) is 14.4 Å². The second-order valence-electron chi connectivity index (χ2n) is 6.25. The number of ketones is 1. The predicted octanol–water partition coefficient (Wildman–Crippen LogP) is 2.67. The van der Waals surface area contributed by atoms with Crippen LogP contribution in [0, 0.1) is 11.7 Å².